The maximum Gasteiger partial charge on any atom is 2.00 e. The van der Waals surface area contributed by atoms with Gasteiger partial charge in [0.05, 0.1) is 0 Å². The standard InChI is InChI=1S/C36H43N2.C30H39N2O.2C5H10.4CH3.2Fe/c1-3-16-31(17-4-1)28-36(29-32-18-5-2-6-19-32)33-21-9-10-22-34(33)38(26-13-20-30-14-7-8-15-30)35(36)23-27-37-24-11-12-25-37;1-30(24-26-12-3-2-4-13-26)27-15-7-8-16-28(27)32(18-9-14-25-10-5-6-11-25)29(30)17-19-31-20-22-33-23-21-31;2*1-2-4-5-3-1;;;;;;/h1-6,9-10,16-19,21-23,27,30H,7-8,11-15,20,24-26,28-29H2;2-4,7-8,12-13,15-17,19,25H,5-6,9-11,14,18,20-24H2,1H3;2*1-5H2;4*1H3;;/q2*+1;;;4*-1;2*+2. The van der Waals surface area contributed by atoms with E-state index in [4.69, 9.17) is 4.74 Å². The molecule has 8 aliphatic rings. The van der Waals surface area contributed by atoms with Crippen molar-refractivity contribution in [2.24, 2.45) is 11.8 Å². The molecule has 7 heteroatoms. The van der Waals surface area contributed by atoms with Crippen molar-refractivity contribution in [3.63, 3.8) is 0 Å². The van der Waals surface area contributed by atoms with E-state index in [1.54, 1.807) is 0 Å². The molecule has 474 valence electrons. The molecule has 4 aliphatic heterocycles. The number of benzene rings is 5. The second-order valence-electron chi connectivity index (χ2n) is 25.7. The number of fused-ring (bicyclic) bond motifs is 2. The fourth-order valence-electron chi connectivity index (χ4n) is 15.3. The van der Waals surface area contributed by atoms with Crippen LogP contribution < -0.4 is 9.80 Å². The van der Waals surface area contributed by atoms with Crippen LogP contribution in [0.4, 0.5) is 11.4 Å². The number of ether oxygens (including phenoxy) is 1. The molecule has 1 unspecified atom stereocenters. The molecule has 4 heterocycles. The molecule has 4 aliphatic carbocycles. The Kier molecular flexibility index (Phi) is 34.1. The summed E-state index contributed by atoms with van der Waals surface area (Å²) in [5, 5.41) is 0. The Balaban J connectivity index is 0.000000303. The first-order valence-electron chi connectivity index (χ1n) is 33.1. The number of anilines is 2. The van der Waals surface area contributed by atoms with Gasteiger partial charge in [-0.05, 0) is 104 Å². The first-order valence-corrected chi connectivity index (χ1v) is 33.1. The normalized spacial score (nSPS) is 20.7. The second-order valence-corrected chi connectivity index (χ2v) is 25.7. The van der Waals surface area contributed by atoms with Crippen LogP contribution in [0.25, 0.3) is 0 Å². The number of allylic oxidation sites excluding steroid dienone is 4. The van der Waals surface area contributed by atoms with E-state index in [9.17, 15) is 0 Å². The fraction of sp³-hybridized carbons (Fsp3) is 0.500. The molecule has 0 radical (unpaired) electrons. The first kappa shape index (κ1) is 75.0. The maximum atomic E-state index is 5.57. The van der Waals surface area contributed by atoms with Crippen LogP contribution in [-0.4, -0.2) is 74.1 Å². The smallest absolute Gasteiger partial charge is 0.368 e. The summed E-state index contributed by atoms with van der Waals surface area (Å²) in [5.41, 5.74) is 12.8. The van der Waals surface area contributed by atoms with Gasteiger partial charge in [0.25, 0.3) is 0 Å². The molecule has 4 saturated carbocycles. The topological polar surface area (TPSA) is 21.7 Å². The summed E-state index contributed by atoms with van der Waals surface area (Å²) < 4.78 is 10.5. The van der Waals surface area contributed by atoms with E-state index in [1.807, 2.05) is 0 Å². The summed E-state index contributed by atoms with van der Waals surface area (Å²) in [6, 6.07) is 51.8. The largest absolute Gasteiger partial charge is 2.00 e. The molecular formula is C80H114Fe2N4O+2. The number of nitrogens with zero attached hydrogens (tertiary/aromatic N) is 4. The third-order valence-corrected chi connectivity index (χ3v) is 19.7. The van der Waals surface area contributed by atoms with Crippen molar-refractivity contribution in [1.82, 2.24) is 0 Å². The minimum absolute atomic E-state index is 0. The van der Waals surface area contributed by atoms with Crippen LogP contribution in [0.1, 0.15) is 189 Å². The van der Waals surface area contributed by atoms with Crippen molar-refractivity contribution in [3.8, 4) is 0 Å². The molecule has 5 aromatic carbocycles. The Morgan fingerprint density at radius 1 is 0.414 bits per heavy atom. The zero-order valence-electron chi connectivity index (χ0n) is 54.9. The van der Waals surface area contributed by atoms with Gasteiger partial charge >= 0.3 is 34.1 Å². The van der Waals surface area contributed by atoms with E-state index < -0.39 is 0 Å². The van der Waals surface area contributed by atoms with Gasteiger partial charge in [-0.15, -0.1) is 0 Å². The maximum absolute atomic E-state index is 5.57. The van der Waals surface area contributed by atoms with Gasteiger partial charge in [0.2, 0.25) is 0 Å². The second kappa shape index (κ2) is 39.6. The van der Waals surface area contributed by atoms with E-state index in [1.165, 1.54) is 218 Å². The Morgan fingerprint density at radius 3 is 1.22 bits per heavy atom. The van der Waals surface area contributed by atoms with E-state index in [-0.39, 0.29) is 74.7 Å². The fourth-order valence-corrected chi connectivity index (χ4v) is 15.3. The molecular weight excluding hydrogens is 1140 g/mol. The van der Waals surface area contributed by atoms with Crippen LogP contribution in [-0.2, 0) is 69.0 Å². The summed E-state index contributed by atoms with van der Waals surface area (Å²) in [6.45, 7) is 10.7. The predicted octanol–water partition coefficient (Wildman–Crippen LogP) is 19.6. The predicted molar refractivity (Wildman–Crippen MR) is 370 cm³/mol. The number of rotatable bonds is 16. The van der Waals surface area contributed by atoms with Gasteiger partial charge in [0, 0.05) is 71.7 Å². The number of hydrogen-bond donors (Lipinski definition) is 0. The first-order chi connectivity index (χ1) is 40.1. The third-order valence-electron chi connectivity index (χ3n) is 19.7. The monoisotopic (exact) mass is 1260 g/mol. The van der Waals surface area contributed by atoms with Gasteiger partial charge in [-0.25, -0.2) is 9.15 Å². The Labute approximate surface area is 554 Å². The van der Waals surface area contributed by atoms with E-state index in [0.29, 0.717) is 0 Å². The number of hydrogen-bond acceptors (Lipinski definition) is 3. The molecule has 87 heavy (non-hydrogen) atoms. The summed E-state index contributed by atoms with van der Waals surface area (Å²) in [6.07, 6.45) is 47.1. The van der Waals surface area contributed by atoms with Crippen molar-refractivity contribution < 1.29 is 48.0 Å². The summed E-state index contributed by atoms with van der Waals surface area (Å²) >= 11 is 0. The minimum atomic E-state index is -0.0944. The van der Waals surface area contributed by atoms with Crippen LogP contribution in [0.3, 0.4) is 0 Å². The Hall–Kier alpha value is -4.48. The molecule has 0 aromatic heterocycles. The molecule has 5 nitrogen and oxygen atoms in total. The quantitative estimate of drug-likeness (QED) is 0.0558. The van der Waals surface area contributed by atoms with Gasteiger partial charge in [0.15, 0.2) is 25.5 Å². The zero-order chi connectivity index (χ0) is 55.2. The van der Waals surface area contributed by atoms with Crippen LogP contribution >= 0.6 is 0 Å². The molecule has 13 rings (SSSR count). The van der Waals surface area contributed by atoms with Crippen LogP contribution in [0.5, 0.6) is 0 Å². The van der Waals surface area contributed by atoms with Gasteiger partial charge < -0.3 is 44.2 Å². The summed E-state index contributed by atoms with van der Waals surface area (Å²) in [4.78, 5) is 5.35. The molecule has 0 spiro atoms. The Morgan fingerprint density at radius 2 is 0.770 bits per heavy atom. The average molecular weight is 1260 g/mol. The van der Waals surface area contributed by atoms with Crippen molar-refractivity contribution in [3.05, 3.63) is 221 Å². The number of para-hydroxylation sites is 2. The zero-order valence-corrected chi connectivity index (χ0v) is 57.1. The Bertz CT molecular complexity index is 2710. The number of morpholine rings is 1. The molecule has 0 amide bonds. The van der Waals surface area contributed by atoms with Crippen LogP contribution in [0, 0.1) is 41.5 Å². The molecule has 0 bridgehead atoms. The molecule has 2 saturated heterocycles. The van der Waals surface area contributed by atoms with Crippen LogP contribution in [0.15, 0.2) is 163 Å². The van der Waals surface area contributed by atoms with Crippen molar-refractivity contribution >= 4 is 23.8 Å². The van der Waals surface area contributed by atoms with Crippen molar-refractivity contribution in [2.45, 2.75) is 191 Å². The van der Waals surface area contributed by atoms with Crippen molar-refractivity contribution in [1.29, 1.82) is 0 Å². The average Bonchev–Trinajstić information content (AvgIpc) is 2.03. The summed E-state index contributed by atoms with van der Waals surface area (Å²) in [5.74, 6) is 1.89. The van der Waals surface area contributed by atoms with Crippen molar-refractivity contribution in [2.75, 3.05) is 62.3 Å². The summed E-state index contributed by atoms with van der Waals surface area (Å²) in [7, 11) is 0. The van der Waals surface area contributed by atoms with E-state index >= 15 is 0 Å². The van der Waals surface area contributed by atoms with Gasteiger partial charge in [-0.2, -0.15) is 0 Å². The van der Waals surface area contributed by atoms with Gasteiger partial charge in [-0.3, -0.25) is 0 Å². The molecule has 1 atom stereocenters. The van der Waals surface area contributed by atoms with E-state index in [2.05, 4.69) is 190 Å². The van der Waals surface area contributed by atoms with Crippen LogP contribution in [0.2, 0.25) is 0 Å². The minimum Gasteiger partial charge on any atom is -0.368 e. The molecule has 6 fully saturated rings. The SMILES string of the molecule is C(C=[N+]1CCCC1)=C1N(CCCC2CCCC2)c2ccccc2C1(Cc1ccccc1)Cc1ccccc1.C1CCCC1.C1CCCC1.CC1(Cc2ccccc2)C(=CC=[N+]2CCOCC2)N(CCCC2CCCC2)c2ccccc21.[CH3-].[CH3-].[CH3-].[CH3-].[Fe+2].[Fe+2]. The van der Waals surface area contributed by atoms with Gasteiger partial charge in [-0.1, -0.05) is 243 Å². The van der Waals surface area contributed by atoms with E-state index in [0.717, 1.165) is 70.5 Å². The molecule has 5 aromatic rings. The third kappa shape index (κ3) is 20.8. The van der Waals surface area contributed by atoms with Gasteiger partial charge in [0.1, 0.15) is 26.3 Å². The molecule has 0 N–H and O–H groups in total.